The summed E-state index contributed by atoms with van der Waals surface area (Å²) in [6, 6.07) is 0.639. The van der Waals surface area contributed by atoms with Crippen molar-refractivity contribution in [3.63, 3.8) is 0 Å². The quantitative estimate of drug-likeness (QED) is 0.511. The highest BCUT2D eigenvalue weighted by Gasteiger charge is 2.33. The van der Waals surface area contributed by atoms with Gasteiger partial charge in [-0.1, -0.05) is 20.3 Å². The van der Waals surface area contributed by atoms with Gasteiger partial charge in [-0.25, -0.2) is 0 Å². The number of hydrogen-bond donors (Lipinski definition) is 2. The topological polar surface area (TPSA) is 39.7 Å². The molecule has 0 saturated heterocycles. The lowest BCUT2D eigenvalue weighted by Crippen LogP contribution is -2.39. The van der Waals surface area contributed by atoms with E-state index in [-0.39, 0.29) is 0 Å². The number of likely N-dealkylation sites (N-methyl/N-ethyl adjacent to an activating group) is 1. The Labute approximate surface area is 112 Å². The molecule has 0 aromatic heterocycles. The molecule has 1 aliphatic rings. The maximum absolute atomic E-state index is 4.63. The Hall–Kier alpha value is -0.770. The van der Waals surface area contributed by atoms with Gasteiger partial charge in [0.05, 0.1) is 6.54 Å². The highest BCUT2D eigenvalue weighted by Crippen LogP contribution is 2.28. The summed E-state index contributed by atoms with van der Waals surface area (Å²) in [4.78, 5) is 6.99. The van der Waals surface area contributed by atoms with Crippen LogP contribution in [0.4, 0.5) is 0 Å². The third-order valence-electron chi connectivity index (χ3n) is 3.42. The number of unbranched alkanes of at least 4 members (excludes halogenated alkanes) is 1. The number of guanidine groups is 1. The smallest absolute Gasteiger partial charge is 0.191 e. The molecular weight excluding hydrogens is 224 g/mol. The molecule has 0 radical (unpaired) electrons. The molecule has 1 aliphatic carbocycles. The molecule has 0 aromatic rings. The van der Waals surface area contributed by atoms with Crippen molar-refractivity contribution in [2.45, 2.75) is 46.1 Å². The highest BCUT2D eigenvalue weighted by molar-refractivity contribution is 5.80. The number of hydrogen-bond acceptors (Lipinski definition) is 2. The van der Waals surface area contributed by atoms with Gasteiger partial charge in [-0.2, -0.15) is 0 Å². The van der Waals surface area contributed by atoms with Gasteiger partial charge in [0.25, 0.3) is 0 Å². The van der Waals surface area contributed by atoms with Crippen LogP contribution in [0.15, 0.2) is 4.99 Å². The first kappa shape index (κ1) is 15.3. The van der Waals surface area contributed by atoms with Crippen molar-refractivity contribution in [3.8, 4) is 0 Å². The van der Waals surface area contributed by atoms with E-state index in [0.717, 1.165) is 31.5 Å². The van der Waals surface area contributed by atoms with Crippen LogP contribution in [0.2, 0.25) is 0 Å². The van der Waals surface area contributed by atoms with Crippen molar-refractivity contribution < 1.29 is 0 Å². The fourth-order valence-electron chi connectivity index (χ4n) is 1.89. The third kappa shape index (κ3) is 6.24. The van der Waals surface area contributed by atoms with Gasteiger partial charge in [0.2, 0.25) is 0 Å². The Balaban J connectivity index is 2.22. The highest BCUT2D eigenvalue weighted by atomic mass is 15.2. The molecule has 0 heterocycles. The zero-order valence-electron chi connectivity index (χ0n) is 12.5. The summed E-state index contributed by atoms with van der Waals surface area (Å²) in [5.41, 5.74) is 0. The average molecular weight is 254 g/mol. The first-order chi connectivity index (χ1) is 8.67. The van der Waals surface area contributed by atoms with Crippen LogP contribution >= 0.6 is 0 Å². The predicted molar refractivity (Wildman–Crippen MR) is 79.1 cm³/mol. The second-order valence-corrected chi connectivity index (χ2v) is 5.38. The van der Waals surface area contributed by atoms with Gasteiger partial charge in [-0.15, -0.1) is 0 Å². The van der Waals surface area contributed by atoms with Crippen LogP contribution in [0.1, 0.15) is 40.0 Å². The molecule has 2 atom stereocenters. The van der Waals surface area contributed by atoms with Crippen molar-refractivity contribution in [1.29, 1.82) is 0 Å². The molecule has 0 bridgehead atoms. The van der Waals surface area contributed by atoms with Crippen LogP contribution < -0.4 is 10.6 Å². The van der Waals surface area contributed by atoms with Gasteiger partial charge in [0.15, 0.2) is 5.96 Å². The van der Waals surface area contributed by atoms with Crippen LogP contribution in [0.3, 0.4) is 0 Å². The van der Waals surface area contributed by atoms with Crippen molar-refractivity contribution >= 4 is 5.96 Å². The first-order valence-corrected chi connectivity index (χ1v) is 7.40. The van der Waals surface area contributed by atoms with E-state index in [1.165, 1.54) is 25.8 Å². The van der Waals surface area contributed by atoms with Gasteiger partial charge in [-0.3, -0.25) is 4.99 Å². The molecule has 2 unspecified atom stereocenters. The Morgan fingerprint density at radius 2 is 2.06 bits per heavy atom. The monoisotopic (exact) mass is 254 g/mol. The summed E-state index contributed by atoms with van der Waals surface area (Å²) in [5, 5.41) is 6.79. The molecule has 0 spiro atoms. The summed E-state index contributed by atoms with van der Waals surface area (Å²) in [6.07, 6.45) is 3.82. The average Bonchev–Trinajstić information content (AvgIpc) is 3.02. The van der Waals surface area contributed by atoms with Crippen LogP contribution in [0, 0.1) is 5.92 Å². The molecule has 18 heavy (non-hydrogen) atoms. The van der Waals surface area contributed by atoms with Crippen LogP contribution in [-0.4, -0.2) is 50.1 Å². The van der Waals surface area contributed by atoms with Crippen molar-refractivity contribution in [3.05, 3.63) is 0 Å². The molecular formula is C14H30N4. The van der Waals surface area contributed by atoms with Gasteiger partial charge >= 0.3 is 0 Å². The van der Waals surface area contributed by atoms with E-state index in [9.17, 15) is 0 Å². The van der Waals surface area contributed by atoms with Crippen LogP contribution in [0.5, 0.6) is 0 Å². The van der Waals surface area contributed by atoms with Crippen molar-refractivity contribution in [1.82, 2.24) is 15.5 Å². The minimum absolute atomic E-state index is 0.639. The van der Waals surface area contributed by atoms with E-state index in [4.69, 9.17) is 0 Å². The Morgan fingerprint density at radius 3 is 2.61 bits per heavy atom. The molecule has 1 fully saturated rings. The summed E-state index contributed by atoms with van der Waals surface area (Å²) in [7, 11) is 2.18. The molecule has 2 N–H and O–H groups in total. The zero-order valence-corrected chi connectivity index (χ0v) is 12.5. The standard InChI is InChI=1S/C14H30N4/c1-5-7-9-18(4)10-8-16-14(15-6-2)17-13-11-12(13)3/h12-13H,5-11H2,1-4H3,(H2,15,16,17). The second-order valence-electron chi connectivity index (χ2n) is 5.38. The summed E-state index contributed by atoms with van der Waals surface area (Å²) in [5.74, 6) is 1.79. The molecule has 0 aliphatic heterocycles. The molecule has 4 heteroatoms. The van der Waals surface area contributed by atoms with E-state index >= 15 is 0 Å². The number of nitrogens with one attached hydrogen (secondary N) is 2. The van der Waals surface area contributed by atoms with Gasteiger partial charge in [-0.05, 0) is 39.3 Å². The lowest BCUT2D eigenvalue weighted by Gasteiger charge is -2.15. The second kappa shape index (κ2) is 8.35. The largest absolute Gasteiger partial charge is 0.357 e. The molecule has 0 aromatic carbocycles. The minimum Gasteiger partial charge on any atom is -0.357 e. The lowest BCUT2D eigenvalue weighted by molar-refractivity contribution is 0.337. The van der Waals surface area contributed by atoms with Crippen LogP contribution in [-0.2, 0) is 0 Å². The van der Waals surface area contributed by atoms with E-state index in [1.807, 2.05) is 0 Å². The summed E-state index contributed by atoms with van der Waals surface area (Å²) < 4.78 is 0. The van der Waals surface area contributed by atoms with Crippen molar-refractivity contribution in [2.24, 2.45) is 10.9 Å². The molecule has 1 rings (SSSR count). The third-order valence-corrected chi connectivity index (χ3v) is 3.42. The maximum atomic E-state index is 4.63. The zero-order chi connectivity index (χ0) is 13.4. The first-order valence-electron chi connectivity index (χ1n) is 7.40. The molecule has 106 valence electrons. The van der Waals surface area contributed by atoms with Gasteiger partial charge in [0.1, 0.15) is 0 Å². The minimum atomic E-state index is 0.639. The van der Waals surface area contributed by atoms with Gasteiger partial charge < -0.3 is 15.5 Å². The molecule has 0 amide bonds. The van der Waals surface area contributed by atoms with Crippen LogP contribution in [0.25, 0.3) is 0 Å². The fraction of sp³-hybridized carbons (Fsp3) is 0.929. The van der Waals surface area contributed by atoms with E-state index in [0.29, 0.717) is 6.04 Å². The lowest BCUT2D eigenvalue weighted by atomic mass is 10.3. The normalized spacial score (nSPS) is 23.3. The Bertz CT molecular complexity index is 252. The number of nitrogens with zero attached hydrogens (tertiary/aromatic N) is 2. The molecule has 4 nitrogen and oxygen atoms in total. The fourth-order valence-corrected chi connectivity index (χ4v) is 1.89. The van der Waals surface area contributed by atoms with Crippen molar-refractivity contribution in [2.75, 3.05) is 33.2 Å². The summed E-state index contributed by atoms with van der Waals surface area (Å²) >= 11 is 0. The number of rotatable bonds is 8. The predicted octanol–water partition coefficient (Wildman–Crippen LogP) is 1.68. The van der Waals surface area contributed by atoms with E-state index in [2.05, 4.69) is 48.3 Å². The Morgan fingerprint density at radius 1 is 1.33 bits per heavy atom. The maximum Gasteiger partial charge on any atom is 0.191 e. The Kier molecular flexibility index (Phi) is 7.09. The number of aliphatic imine (C=N–C) groups is 1. The SMILES string of the molecule is CCCCN(C)CCN=C(NCC)NC1CC1C. The molecule has 1 saturated carbocycles. The van der Waals surface area contributed by atoms with Gasteiger partial charge in [0, 0.05) is 19.1 Å². The summed E-state index contributed by atoms with van der Waals surface area (Å²) in [6.45, 7) is 10.6. The van der Waals surface area contributed by atoms with E-state index in [1.54, 1.807) is 0 Å². The van der Waals surface area contributed by atoms with E-state index < -0.39 is 0 Å².